The molecule has 2 heterocycles. The van der Waals surface area contributed by atoms with Gasteiger partial charge in [-0.25, -0.2) is 9.78 Å². The van der Waals surface area contributed by atoms with Crippen LogP contribution in [0, 0.1) is 6.92 Å². The van der Waals surface area contributed by atoms with Gasteiger partial charge in [-0.05, 0) is 13.8 Å². The Labute approximate surface area is 124 Å². The second kappa shape index (κ2) is 6.93. The summed E-state index contributed by atoms with van der Waals surface area (Å²) < 4.78 is 9.74. The first-order chi connectivity index (χ1) is 10.1. The molecular formula is C12H14N4O4S. The molecule has 0 aliphatic rings. The van der Waals surface area contributed by atoms with Crippen molar-refractivity contribution in [3.8, 4) is 0 Å². The van der Waals surface area contributed by atoms with E-state index in [0.29, 0.717) is 24.7 Å². The van der Waals surface area contributed by atoms with Crippen molar-refractivity contribution in [3.63, 3.8) is 0 Å². The van der Waals surface area contributed by atoms with E-state index in [1.807, 2.05) is 0 Å². The van der Waals surface area contributed by atoms with Gasteiger partial charge in [0.15, 0.2) is 5.82 Å². The molecule has 0 unspecified atom stereocenters. The van der Waals surface area contributed by atoms with Crippen LogP contribution in [0.4, 0.5) is 0 Å². The van der Waals surface area contributed by atoms with Gasteiger partial charge in [-0.3, -0.25) is 4.79 Å². The maximum Gasteiger partial charge on any atom is 0.367 e. The molecule has 112 valence electrons. The third-order valence-electron chi connectivity index (χ3n) is 2.38. The third kappa shape index (κ3) is 4.09. The summed E-state index contributed by atoms with van der Waals surface area (Å²) in [6.07, 6.45) is 0.432. The topological polar surface area (TPSA) is 107 Å². The normalized spacial score (nSPS) is 10.4. The van der Waals surface area contributed by atoms with E-state index in [-0.39, 0.29) is 23.2 Å². The third-order valence-corrected chi connectivity index (χ3v) is 3.20. The van der Waals surface area contributed by atoms with Gasteiger partial charge in [0.2, 0.25) is 10.9 Å². The van der Waals surface area contributed by atoms with E-state index in [0.717, 1.165) is 11.3 Å². The zero-order chi connectivity index (χ0) is 15.2. The van der Waals surface area contributed by atoms with Crippen LogP contribution in [0.15, 0.2) is 9.90 Å². The largest absolute Gasteiger partial charge is 0.461 e. The van der Waals surface area contributed by atoms with E-state index in [9.17, 15) is 9.59 Å². The number of aryl methyl sites for hydroxylation is 1. The van der Waals surface area contributed by atoms with Crippen LogP contribution in [0.3, 0.4) is 0 Å². The van der Waals surface area contributed by atoms with Crippen molar-refractivity contribution < 1.29 is 18.8 Å². The lowest BCUT2D eigenvalue weighted by Gasteiger charge is -2.00. The Kier molecular flexibility index (Phi) is 4.99. The Morgan fingerprint density at radius 1 is 1.43 bits per heavy atom. The van der Waals surface area contributed by atoms with Crippen molar-refractivity contribution in [2.24, 2.45) is 0 Å². The van der Waals surface area contributed by atoms with Gasteiger partial charge in [0.05, 0.1) is 6.61 Å². The van der Waals surface area contributed by atoms with Gasteiger partial charge in [0.1, 0.15) is 5.69 Å². The number of aromatic nitrogens is 3. The van der Waals surface area contributed by atoms with Crippen LogP contribution in [0.2, 0.25) is 0 Å². The highest BCUT2D eigenvalue weighted by molar-refractivity contribution is 7.11. The Bertz CT molecular complexity index is 637. The Morgan fingerprint density at radius 2 is 2.24 bits per heavy atom. The van der Waals surface area contributed by atoms with Gasteiger partial charge in [0.25, 0.3) is 5.91 Å². The molecule has 0 spiro atoms. The molecule has 9 heteroatoms. The zero-order valence-electron chi connectivity index (χ0n) is 11.6. The minimum Gasteiger partial charge on any atom is -0.461 e. The molecule has 21 heavy (non-hydrogen) atoms. The fourth-order valence-electron chi connectivity index (χ4n) is 1.48. The summed E-state index contributed by atoms with van der Waals surface area (Å²) in [6.45, 7) is 4.03. The van der Waals surface area contributed by atoms with Crippen LogP contribution >= 0.6 is 11.3 Å². The second-order valence-corrected chi connectivity index (χ2v) is 4.86. The average Bonchev–Trinajstić information content (AvgIpc) is 3.08. The van der Waals surface area contributed by atoms with E-state index in [1.165, 1.54) is 5.38 Å². The minimum absolute atomic E-state index is 0.162. The molecule has 2 aromatic rings. The Morgan fingerprint density at radius 3 is 2.90 bits per heavy atom. The number of hydrogen-bond acceptors (Lipinski definition) is 8. The molecule has 0 fully saturated rings. The molecule has 0 aromatic carbocycles. The molecule has 0 bridgehead atoms. The Balaban J connectivity index is 1.84. The predicted octanol–water partition coefficient (Wildman–Crippen LogP) is 0.984. The molecule has 8 nitrogen and oxygen atoms in total. The predicted molar refractivity (Wildman–Crippen MR) is 73.1 cm³/mol. The van der Waals surface area contributed by atoms with Crippen molar-refractivity contribution in [3.05, 3.63) is 27.8 Å². The monoisotopic (exact) mass is 310 g/mol. The van der Waals surface area contributed by atoms with Gasteiger partial charge in [-0.1, -0.05) is 5.16 Å². The summed E-state index contributed by atoms with van der Waals surface area (Å²) in [5, 5.41) is 7.99. The van der Waals surface area contributed by atoms with Crippen LogP contribution < -0.4 is 5.32 Å². The SMILES string of the molecule is CCOC(=O)c1nc(C(=O)NCCc2nc(C)no2)cs1. The van der Waals surface area contributed by atoms with Crippen molar-refractivity contribution in [2.75, 3.05) is 13.2 Å². The number of rotatable bonds is 6. The van der Waals surface area contributed by atoms with Crippen LogP contribution in [-0.2, 0) is 11.2 Å². The zero-order valence-corrected chi connectivity index (χ0v) is 12.4. The molecule has 2 rings (SSSR count). The lowest BCUT2D eigenvalue weighted by Crippen LogP contribution is -2.26. The molecule has 0 aliphatic carbocycles. The van der Waals surface area contributed by atoms with Crippen molar-refractivity contribution in [1.82, 2.24) is 20.4 Å². The molecule has 0 atom stereocenters. The second-order valence-electron chi connectivity index (χ2n) is 4.00. The molecule has 0 saturated heterocycles. The van der Waals surface area contributed by atoms with E-state index >= 15 is 0 Å². The highest BCUT2D eigenvalue weighted by Crippen LogP contribution is 2.11. The number of carbonyl (C=O) groups is 2. The van der Waals surface area contributed by atoms with Gasteiger partial charge in [-0.15, -0.1) is 11.3 Å². The summed E-state index contributed by atoms with van der Waals surface area (Å²) in [4.78, 5) is 31.3. The average molecular weight is 310 g/mol. The van der Waals surface area contributed by atoms with Crippen molar-refractivity contribution in [1.29, 1.82) is 0 Å². The van der Waals surface area contributed by atoms with Crippen LogP contribution in [-0.4, -0.2) is 40.2 Å². The van der Waals surface area contributed by atoms with E-state index in [4.69, 9.17) is 9.26 Å². The molecule has 0 aliphatic heterocycles. The van der Waals surface area contributed by atoms with Gasteiger partial charge in [-0.2, -0.15) is 4.98 Å². The number of hydrogen-bond donors (Lipinski definition) is 1. The van der Waals surface area contributed by atoms with Gasteiger partial charge in [0, 0.05) is 18.3 Å². The van der Waals surface area contributed by atoms with Crippen LogP contribution in [0.25, 0.3) is 0 Å². The first-order valence-electron chi connectivity index (χ1n) is 6.30. The van der Waals surface area contributed by atoms with Crippen molar-refractivity contribution >= 4 is 23.2 Å². The maximum atomic E-state index is 11.8. The highest BCUT2D eigenvalue weighted by Gasteiger charge is 2.16. The van der Waals surface area contributed by atoms with E-state index < -0.39 is 5.97 Å². The van der Waals surface area contributed by atoms with E-state index in [1.54, 1.807) is 13.8 Å². The van der Waals surface area contributed by atoms with Crippen LogP contribution in [0.1, 0.15) is 38.9 Å². The Hall–Kier alpha value is -2.29. The number of carbonyl (C=O) groups excluding carboxylic acids is 2. The van der Waals surface area contributed by atoms with Crippen LogP contribution in [0.5, 0.6) is 0 Å². The lowest BCUT2D eigenvalue weighted by molar-refractivity contribution is 0.0526. The van der Waals surface area contributed by atoms with Crippen molar-refractivity contribution in [2.45, 2.75) is 20.3 Å². The molecular weight excluding hydrogens is 296 g/mol. The smallest absolute Gasteiger partial charge is 0.367 e. The summed E-state index contributed by atoms with van der Waals surface area (Å²) in [5.74, 6) is 0.120. The molecule has 2 aromatic heterocycles. The molecule has 1 amide bonds. The van der Waals surface area contributed by atoms with Gasteiger partial charge < -0.3 is 14.6 Å². The number of ether oxygens (including phenoxy) is 1. The molecule has 0 radical (unpaired) electrons. The number of nitrogens with zero attached hydrogens (tertiary/aromatic N) is 3. The van der Waals surface area contributed by atoms with Gasteiger partial charge >= 0.3 is 5.97 Å². The molecule has 0 saturated carbocycles. The first-order valence-corrected chi connectivity index (χ1v) is 7.18. The van der Waals surface area contributed by atoms with E-state index in [2.05, 4.69) is 20.4 Å². The quantitative estimate of drug-likeness (QED) is 0.792. The number of nitrogens with one attached hydrogen (secondary N) is 1. The standard InChI is InChI=1S/C12H14N4O4S/c1-3-19-12(18)11-15-8(6-21-11)10(17)13-5-4-9-14-7(2)16-20-9/h6H,3-5H2,1-2H3,(H,13,17). The lowest BCUT2D eigenvalue weighted by atomic mass is 10.4. The number of esters is 1. The molecule has 1 N–H and O–H groups in total. The number of amides is 1. The summed E-state index contributed by atoms with van der Waals surface area (Å²) in [5.41, 5.74) is 0.185. The summed E-state index contributed by atoms with van der Waals surface area (Å²) in [6, 6.07) is 0. The number of thiazole rings is 1. The highest BCUT2D eigenvalue weighted by atomic mass is 32.1. The first kappa shape index (κ1) is 15.1. The summed E-state index contributed by atoms with van der Waals surface area (Å²) >= 11 is 1.07. The fraction of sp³-hybridized carbons (Fsp3) is 0.417. The summed E-state index contributed by atoms with van der Waals surface area (Å²) in [7, 11) is 0. The maximum absolute atomic E-state index is 11.8. The minimum atomic E-state index is -0.525. The fourth-order valence-corrected chi connectivity index (χ4v) is 2.17.